The van der Waals surface area contributed by atoms with Gasteiger partial charge in [-0.1, -0.05) is 23.9 Å². The Hall–Kier alpha value is -2.32. The molecule has 24 heavy (non-hydrogen) atoms. The number of rotatable bonds is 6. The van der Waals surface area contributed by atoms with Crippen LogP contribution in [0.2, 0.25) is 0 Å². The van der Waals surface area contributed by atoms with Crippen molar-refractivity contribution in [2.45, 2.75) is 11.7 Å². The minimum atomic E-state index is -0.178. The molecule has 2 aromatic heterocycles. The van der Waals surface area contributed by atoms with Gasteiger partial charge in [-0.3, -0.25) is 9.59 Å². The fourth-order valence-electron chi connectivity index (χ4n) is 2.04. The highest BCUT2D eigenvalue weighted by Gasteiger charge is 2.08. The smallest absolute Gasteiger partial charge is 0.260 e. The summed E-state index contributed by atoms with van der Waals surface area (Å²) in [5.74, 6) is 0.847. The summed E-state index contributed by atoms with van der Waals surface area (Å²) < 4.78 is 5.09. The predicted molar refractivity (Wildman–Crippen MR) is 95.8 cm³/mol. The zero-order valence-corrected chi connectivity index (χ0v) is 14.5. The van der Waals surface area contributed by atoms with Crippen molar-refractivity contribution < 1.29 is 9.53 Å². The van der Waals surface area contributed by atoms with E-state index in [4.69, 9.17) is 4.74 Å². The number of nitrogens with zero attached hydrogens (tertiary/aromatic N) is 1. The number of amides is 1. The van der Waals surface area contributed by atoms with E-state index in [9.17, 15) is 9.59 Å². The molecule has 0 aliphatic rings. The molecule has 2 heterocycles. The molecule has 0 bridgehead atoms. The first kappa shape index (κ1) is 16.5. The van der Waals surface area contributed by atoms with Crippen molar-refractivity contribution in [2.75, 3.05) is 12.9 Å². The van der Waals surface area contributed by atoms with Crippen LogP contribution >= 0.6 is 23.1 Å². The Morgan fingerprint density at radius 2 is 2.12 bits per heavy atom. The van der Waals surface area contributed by atoms with Gasteiger partial charge in [0.1, 0.15) is 10.6 Å². The van der Waals surface area contributed by atoms with E-state index < -0.39 is 0 Å². The van der Waals surface area contributed by atoms with Crippen LogP contribution in [0.25, 0.3) is 10.2 Å². The highest BCUT2D eigenvalue weighted by molar-refractivity contribution is 7.99. The van der Waals surface area contributed by atoms with Crippen LogP contribution in [0.15, 0.2) is 45.7 Å². The Morgan fingerprint density at radius 1 is 1.33 bits per heavy atom. The summed E-state index contributed by atoms with van der Waals surface area (Å²) in [4.78, 5) is 31.5. The van der Waals surface area contributed by atoms with Gasteiger partial charge in [-0.25, -0.2) is 4.98 Å². The Balaban J connectivity index is 1.53. The Morgan fingerprint density at radius 3 is 2.88 bits per heavy atom. The molecule has 0 fully saturated rings. The fourth-order valence-corrected chi connectivity index (χ4v) is 3.56. The van der Waals surface area contributed by atoms with Gasteiger partial charge in [0, 0.05) is 6.54 Å². The molecule has 3 rings (SSSR count). The third-order valence-electron chi connectivity index (χ3n) is 3.30. The lowest BCUT2D eigenvalue weighted by Crippen LogP contribution is -2.24. The van der Waals surface area contributed by atoms with Crippen molar-refractivity contribution in [3.63, 3.8) is 0 Å². The minimum absolute atomic E-state index is 0.121. The maximum absolute atomic E-state index is 11.9. The molecule has 0 radical (unpaired) electrons. The number of thiophene rings is 1. The van der Waals surface area contributed by atoms with E-state index >= 15 is 0 Å². The van der Waals surface area contributed by atoms with Gasteiger partial charge in [0.2, 0.25) is 5.91 Å². The molecule has 0 aliphatic heterocycles. The molecule has 0 aliphatic carbocycles. The van der Waals surface area contributed by atoms with Crippen LogP contribution in [-0.4, -0.2) is 28.7 Å². The van der Waals surface area contributed by atoms with Gasteiger partial charge in [0.05, 0.1) is 18.2 Å². The summed E-state index contributed by atoms with van der Waals surface area (Å²) in [5.41, 5.74) is 0.808. The third-order valence-corrected chi connectivity index (χ3v) is 4.98. The Labute approximate surface area is 146 Å². The molecular formula is C16H15N3O3S2. The Bertz CT molecular complexity index is 903. The van der Waals surface area contributed by atoms with Crippen molar-refractivity contribution >= 4 is 39.2 Å². The van der Waals surface area contributed by atoms with Crippen LogP contribution in [0.5, 0.6) is 5.75 Å². The highest BCUT2D eigenvalue weighted by Crippen LogP contribution is 2.18. The van der Waals surface area contributed by atoms with E-state index in [2.05, 4.69) is 15.3 Å². The van der Waals surface area contributed by atoms with Crippen molar-refractivity contribution in [3.8, 4) is 5.75 Å². The van der Waals surface area contributed by atoms with E-state index in [-0.39, 0.29) is 17.2 Å². The van der Waals surface area contributed by atoms with Crippen molar-refractivity contribution in [1.29, 1.82) is 0 Å². The molecule has 124 valence electrons. The van der Waals surface area contributed by atoms with Crippen molar-refractivity contribution in [1.82, 2.24) is 15.3 Å². The summed E-state index contributed by atoms with van der Waals surface area (Å²) >= 11 is 2.62. The molecule has 0 spiro atoms. The van der Waals surface area contributed by atoms with Crippen LogP contribution in [0.3, 0.4) is 0 Å². The van der Waals surface area contributed by atoms with Gasteiger partial charge in [-0.15, -0.1) is 11.3 Å². The fraction of sp³-hybridized carbons (Fsp3) is 0.188. The normalized spacial score (nSPS) is 10.7. The topological polar surface area (TPSA) is 84.1 Å². The lowest BCUT2D eigenvalue weighted by atomic mass is 10.2. The number of aromatic amines is 1. The second kappa shape index (κ2) is 7.50. The van der Waals surface area contributed by atoms with E-state index in [1.165, 1.54) is 23.1 Å². The first-order valence-electron chi connectivity index (χ1n) is 7.15. The molecule has 6 nitrogen and oxygen atoms in total. The Kier molecular flexibility index (Phi) is 5.17. The summed E-state index contributed by atoms with van der Waals surface area (Å²) in [7, 11) is 1.61. The zero-order valence-electron chi connectivity index (χ0n) is 12.9. The molecule has 1 amide bonds. The minimum Gasteiger partial charge on any atom is -0.497 e. The monoisotopic (exact) mass is 361 g/mol. The molecule has 0 saturated heterocycles. The standard InChI is InChI=1S/C16H15N3O3S2/c1-22-11-4-2-10(3-5-11)8-17-13(20)9-24-16-18-14(21)12-6-7-23-15(12)19-16/h2-7H,8-9H2,1H3,(H,17,20)(H,18,19,21). The number of H-pyrrole nitrogens is 1. The number of carbonyl (C=O) groups excluding carboxylic acids is 1. The van der Waals surface area contributed by atoms with E-state index in [1.807, 2.05) is 29.6 Å². The van der Waals surface area contributed by atoms with Gasteiger partial charge in [0.25, 0.3) is 5.56 Å². The SMILES string of the molecule is COc1ccc(CNC(=O)CSc2nc3sccc3c(=O)[nH]2)cc1. The van der Waals surface area contributed by atoms with Crippen LogP contribution in [-0.2, 0) is 11.3 Å². The molecule has 2 N–H and O–H groups in total. The average molecular weight is 361 g/mol. The number of methoxy groups -OCH3 is 1. The van der Waals surface area contributed by atoms with Gasteiger partial charge < -0.3 is 15.0 Å². The molecule has 0 saturated carbocycles. The highest BCUT2D eigenvalue weighted by atomic mass is 32.2. The number of hydrogen-bond acceptors (Lipinski definition) is 6. The van der Waals surface area contributed by atoms with Gasteiger partial charge in [0.15, 0.2) is 5.16 Å². The maximum Gasteiger partial charge on any atom is 0.260 e. The van der Waals surface area contributed by atoms with Crippen molar-refractivity contribution in [2.24, 2.45) is 0 Å². The van der Waals surface area contributed by atoms with E-state index in [0.29, 0.717) is 21.9 Å². The summed E-state index contributed by atoms with van der Waals surface area (Å²) in [6.07, 6.45) is 0. The van der Waals surface area contributed by atoms with Crippen LogP contribution in [0.1, 0.15) is 5.56 Å². The van der Waals surface area contributed by atoms with Gasteiger partial charge >= 0.3 is 0 Å². The molecule has 3 aromatic rings. The second-order valence-corrected chi connectivity index (χ2v) is 6.78. The summed E-state index contributed by atoms with van der Waals surface area (Å²) in [5, 5.41) is 5.69. The molecule has 0 atom stereocenters. The predicted octanol–water partition coefficient (Wildman–Crippen LogP) is 2.40. The van der Waals surface area contributed by atoms with Crippen LogP contribution in [0.4, 0.5) is 0 Å². The number of ether oxygens (including phenoxy) is 1. The van der Waals surface area contributed by atoms with E-state index in [1.54, 1.807) is 13.2 Å². The molecule has 8 heteroatoms. The maximum atomic E-state index is 11.9. The molecular weight excluding hydrogens is 346 g/mol. The summed E-state index contributed by atoms with van der Waals surface area (Å²) in [6, 6.07) is 9.23. The number of carbonyl (C=O) groups is 1. The second-order valence-electron chi connectivity index (χ2n) is 4.92. The van der Waals surface area contributed by atoms with Gasteiger partial charge in [-0.05, 0) is 29.1 Å². The number of aromatic nitrogens is 2. The largest absolute Gasteiger partial charge is 0.497 e. The van der Waals surface area contributed by atoms with Crippen LogP contribution < -0.4 is 15.6 Å². The lowest BCUT2D eigenvalue weighted by molar-refractivity contribution is -0.118. The van der Waals surface area contributed by atoms with Crippen LogP contribution in [0, 0.1) is 0 Å². The number of hydrogen-bond donors (Lipinski definition) is 2. The lowest BCUT2D eigenvalue weighted by Gasteiger charge is -2.06. The number of thioether (sulfide) groups is 1. The average Bonchev–Trinajstić information content (AvgIpc) is 3.08. The third kappa shape index (κ3) is 3.95. The number of benzene rings is 1. The number of nitrogens with one attached hydrogen (secondary N) is 2. The van der Waals surface area contributed by atoms with E-state index in [0.717, 1.165) is 11.3 Å². The van der Waals surface area contributed by atoms with Gasteiger partial charge in [-0.2, -0.15) is 0 Å². The first-order chi connectivity index (χ1) is 11.7. The summed E-state index contributed by atoms with van der Waals surface area (Å²) in [6.45, 7) is 0.442. The quantitative estimate of drug-likeness (QED) is 0.520. The molecule has 0 unspecified atom stereocenters. The van der Waals surface area contributed by atoms with Crippen molar-refractivity contribution in [3.05, 3.63) is 51.6 Å². The first-order valence-corrected chi connectivity index (χ1v) is 9.02. The zero-order chi connectivity index (χ0) is 16.9. The number of fused-ring (bicyclic) bond motifs is 1. The molecule has 1 aromatic carbocycles.